The van der Waals surface area contributed by atoms with Crippen molar-refractivity contribution in [1.29, 1.82) is 0 Å². The lowest BCUT2D eigenvalue weighted by Gasteiger charge is -2.11. The summed E-state index contributed by atoms with van der Waals surface area (Å²) in [5.74, 6) is 1.55. The van der Waals surface area contributed by atoms with Gasteiger partial charge in [-0.15, -0.1) is 0 Å². The van der Waals surface area contributed by atoms with Crippen LogP contribution in [0.15, 0.2) is 36.7 Å². The second-order valence-electron chi connectivity index (χ2n) is 3.78. The van der Waals surface area contributed by atoms with E-state index in [2.05, 4.69) is 15.3 Å². The highest BCUT2D eigenvalue weighted by Gasteiger charge is 2.09. The van der Waals surface area contributed by atoms with Gasteiger partial charge in [0, 0.05) is 13.7 Å². The standard InChI is InChI=1S/C13H16N4O2/c1-18-8-7-15-12-11(14)13(17-9-16-12)19-10-5-3-2-4-6-10/h2-6,9H,7-8,14H2,1H3,(H,15,16,17). The number of para-hydroxylation sites is 1. The van der Waals surface area contributed by atoms with Gasteiger partial charge in [-0.05, 0) is 12.1 Å². The molecule has 0 amide bonds. The quantitative estimate of drug-likeness (QED) is 0.772. The molecule has 0 aliphatic heterocycles. The van der Waals surface area contributed by atoms with Crippen molar-refractivity contribution in [3.8, 4) is 11.6 Å². The van der Waals surface area contributed by atoms with Crippen molar-refractivity contribution in [2.75, 3.05) is 31.3 Å². The first-order valence-corrected chi connectivity index (χ1v) is 5.87. The maximum atomic E-state index is 5.96. The van der Waals surface area contributed by atoms with Crippen LogP contribution in [0.25, 0.3) is 0 Å². The van der Waals surface area contributed by atoms with E-state index < -0.39 is 0 Å². The zero-order chi connectivity index (χ0) is 13.5. The summed E-state index contributed by atoms with van der Waals surface area (Å²) in [5, 5.41) is 3.06. The molecule has 0 unspecified atom stereocenters. The van der Waals surface area contributed by atoms with E-state index in [1.807, 2.05) is 30.3 Å². The molecular weight excluding hydrogens is 244 g/mol. The molecule has 0 radical (unpaired) electrons. The Balaban J connectivity index is 2.11. The maximum Gasteiger partial charge on any atom is 0.248 e. The third-order valence-corrected chi connectivity index (χ3v) is 2.40. The predicted octanol–water partition coefficient (Wildman–Crippen LogP) is 1.91. The number of aromatic nitrogens is 2. The molecule has 6 heteroatoms. The first kappa shape index (κ1) is 13.1. The molecule has 2 rings (SSSR count). The first-order chi connectivity index (χ1) is 9.31. The van der Waals surface area contributed by atoms with Gasteiger partial charge in [-0.3, -0.25) is 0 Å². The second kappa shape index (κ2) is 6.55. The molecule has 0 spiro atoms. The molecular formula is C13H16N4O2. The third kappa shape index (κ3) is 3.56. The van der Waals surface area contributed by atoms with Crippen LogP contribution in [0.4, 0.5) is 11.5 Å². The van der Waals surface area contributed by atoms with Crippen LogP contribution in [0.3, 0.4) is 0 Å². The largest absolute Gasteiger partial charge is 0.437 e. The molecule has 100 valence electrons. The highest BCUT2D eigenvalue weighted by molar-refractivity contribution is 5.66. The van der Waals surface area contributed by atoms with Crippen molar-refractivity contribution in [2.24, 2.45) is 0 Å². The van der Waals surface area contributed by atoms with Crippen LogP contribution in [0.5, 0.6) is 11.6 Å². The summed E-state index contributed by atoms with van der Waals surface area (Å²) in [5.41, 5.74) is 6.34. The Morgan fingerprint density at radius 3 is 2.74 bits per heavy atom. The van der Waals surface area contributed by atoms with E-state index in [9.17, 15) is 0 Å². The van der Waals surface area contributed by atoms with Gasteiger partial charge in [0.25, 0.3) is 0 Å². The van der Waals surface area contributed by atoms with Gasteiger partial charge in [0.1, 0.15) is 17.8 Å². The number of benzene rings is 1. The second-order valence-corrected chi connectivity index (χ2v) is 3.78. The van der Waals surface area contributed by atoms with E-state index in [4.69, 9.17) is 15.2 Å². The molecule has 0 aliphatic carbocycles. The number of anilines is 2. The van der Waals surface area contributed by atoms with Crippen LogP contribution in [0.1, 0.15) is 0 Å². The Morgan fingerprint density at radius 1 is 1.21 bits per heavy atom. The topological polar surface area (TPSA) is 82.3 Å². The Bertz CT molecular complexity index is 519. The van der Waals surface area contributed by atoms with Gasteiger partial charge in [0.2, 0.25) is 5.88 Å². The van der Waals surface area contributed by atoms with Crippen LogP contribution < -0.4 is 15.8 Å². The molecule has 3 N–H and O–H groups in total. The average Bonchev–Trinajstić information content (AvgIpc) is 2.44. The minimum absolute atomic E-state index is 0.334. The molecule has 1 aromatic heterocycles. The van der Waals surface area contributed by atoms with Gasteiger partial charge >= 0.3 is 0 Å². The number of hydrogen-bond donors (Lipinski definition) is 2. The maximum absolute atomic E-state index is 5.96. The monoisotopic (exact) mass is 260 g/mol. The van der Waals surface area contributed by atoms with Gasteiger partial charge in [0.05, 0.1) is 6.61 Å². The number of ether oxygens (including phenoxy) is 2. The number of nitrogens with two attached hydrogens (primary N) is 1. The number of nitrogens with zero attached hydrogens (tertiary/aromatic N) is 2. The van der Waals surface area contributed by atoms with Gasteiger partial charge < -0.3 is 20.5 Å². The summed E-state index contributed by atoms with van der Waals surface area (Å²) < 4.78 is 10.6. The summed E-state index contributed by atoms with van der Waals surface area (Å²) in [7, 11) is 1.63. The molecule has 1 heterocycles. The molecule has 0 saturated carbocycles. The molecule has 0 fully saturated rings. The number of nitrogens with one attached hydrogen (secondary N) is 1. The number of rotatable bonds is 6. The fourth-order valence-electron chi connectivity index (χ4n) is 1.47. The Morgan fingerprint density at radius 2 is 2.00 bits per heavy atom. The number of methoxy groups -OCH3 is 1. The van der Waals surface area contributed by atoms with Gasteiger partial charge in [-0.2, -0.15) is 4.98 Å². The van der Waals surface area contributed by atoms with Crippen molar-refractivity contribution >= 4 is 11.5 Å². The third-order valence-electron chi connectivity index (χ3n) is 2.40. The summed E-state index contributed by atoms with van der Waals surface area (Å²) >= 11 is 0. The summed E-state index contributed by atoms with van der Waals surface area (Å²) in [6.07, 6.45) is 1.41. The van der Waals surface area contributed by atoms with Crippen molar-refractivity contribution in [3.05, 3.63) is 36.7 Å². The van der Waals surface area contributed by atoms with E-state index in [0.29, 0.717) is 36.3 Å². The Hall–Kier alpha value is -2.34. The fourth-order valence-corrected chi connectivity index (χ4v) is 1.47. The molecule has 1 aromatic carbocycles. The molecule has 6 nitrogen and oxygen atoms in total. The van der Waals surface area contributed by atoms with Crippen molar-refractivity contribution in [3.63, 3.8) is 0 Å². The highest BCUT2D eigenvalue weighted by atomic mass is 16.5. The number of nitrogen functional groups attached to an aromatic ring is 1. The minimum Gasteiger partial charge on any atom is -0.437 e. The first-order valence-electron chi connectivity index (χ1n) is 5.87. The zero-order valence-corrected chi connectivity index (χ0v) is 10.7. The van der Waals surface area contributed by atoms with Gasteiger partial charge in [-0.25, -0.2) is 4.98 Å². The normalized spacial score (nSPS) is 10.2. The van der Waals surface area contributed by atoms with Crippen LogP contribution in [0.2, 0.25) is 0 Å². The SMILES string of the molecule is COCCNc1ncnc(Oc2ccccc2)c1N. The van der Waals surface area contributed by atoms with Crippen molar-refractivity contribution in [1.82, 2.24) is 9.97 Å². The Kier molecular flexibility index (Phi) is 4.52. The lowest BCUT2D eigenvalue weighted by Crippen LogP contribution is -2.11. The van der Waals surface area contributed by atoms with Gasteiger partial charge in [0.15, 0.2) is 5.82 Å². The van der Waals surface area contributed by atoms with Crippen LogP contribution in [0, 0.1) is 0 Å². The van der Waals surface area contributed by atoms with Gasteiger partial charge in [-0.1, -0.05) is 18.2 Å². The molecule has 0 bridgehead atoms. The summed E-state index contributed by atoms with van der Waals surface area (Å²) in [4.78, 5) is 8.10. The fraction of sp³-hybridized carbons (Fsp3) is 0.231. The van der Waals surface area contributed by atoms with Crippen LogP contribution >= 0.6 is 0 Å². The predicted molar refractivity (Wildman–Crippen MR) is 73.3 cm³/mol. The molecule has 19 heavy (non-hydrogen) atoms. The lowest BCUT2D eigenvalue weighted by atomic mass is 10.3. The minimum atomic E-state index is 0.334. The van der Waals surface area contributed by atoms with E-state index in [1.54, 1.807) is 7.11 Å². The Labute approximate surface area is 111 Å². The van der Waals surface area contributed by atoms with Crippen LogP contribution in [-0.2, 0) is 4.74 Å². The lowest BCUT2D eigenvalue weighted by molar-refractivity contribution is 0.210. The summed E-state index contributed by atoms with van der Waals surface area (Å²) in [6.45, 7) is 1.18. The molecule has 0 saturated heterocycles. The molecule has 0 aliphatic rings. The van der Waals surface area contributed by atoms with Crippen molar-refractivity contribution < 1.29 is 9.47 Å². The molecule has 2 aromatic rings. The smallest absolute Gasteiger partial charge is 0.248 e. The van der Waals surface area contributed by atoms with E-state index in [1.165, 1.54) is 6.33 Å². The highest BCUT2D eigenvalue weighted by Crippen LogP contribution is 2.28. The zero-order valence-electron chi connectivity index (χ0n) is 10.7. The van der Waals surface area contributed by atoms with E-state index in [-0.39, 0.29) is 0 Å². The van der Waals surface area contributed by atoms with E-state index in [0.717, 1.165) is 0 Å². The molecule has 0 atom stereocenters. The van der Waals surface area contributed by atoms with Crippen molar-refractivity contribution in [2.45, 2.75) is 0 Å². The number of hydrogen-bond acceptors (Lipinski definition) is 6. The van der Waals surface area contributed by atoms with E-state index >= 15 is 0 Å². The average molecular weight is 260 g/mol. The van der Waals surface area contributed by atoms with Crippen LogP contribution in [-0.4, -0.2) is 30.2 Å². The summed E-state index contributed by atoms with van der Waals surface area (Å²) in [6, 6.07) is 9.34.